The van der Waals surface area contributed by atoms with Crippen molar-refractivity contribution in [1.29, 1.82) is 0 Å². The van der Waals surface area contributed by atoms with Gasteiger partial charge in [-0.2, -0.15) is 0 Å². The highest BCUT2D eigenvalue weighted by Gasteiger charge is 2.20. The summed E-state index contributed by atoms with van der Waals surface area (Å²) in [5, 5.41) is 11.3. The molecular formula is C21H20FNO3. The zero-order valence-electron chi connectivity index (χ0n) is 14.7. The number of methoxy groups -OCH3 is 1. The highest BCUT2D eigenvalue weighted by molar-refractivity contribution is 5.62. The molecule has 1 heterocycles. The average molecular weight is 353 g/mol. The summed E-state index contributed by atoms with van der Waals surface area (Å²) in [6, 6.07) is 5.28. The van der Waals surface area contributed by atoms with Crippen molar-refractivity contribution < 1.29 is 19.0 Å². The summed E-state index contributed by atoms with van der Waals surface area (Å²) in [5.74, 6) is 0.308. The first kappa shape index (κ1) is 16.9. The molecule has 2 unspecified atom stereocenters. The molecule has 0 bridgehead atoms. The molecule has 1 aromatic carbocycles. The van der Waals surface area contributed by atoms with E-state index in [-0.39, 0.29) is 11.6 Å². The number of benzene rings is 1. The number of nitrogens with zero attached hydrogens (tertiary/aromatic N) is 1. The lowest BCUT2D eigenvalue weighted by molar-refractivity contribution is 0.0590. The summed E-state index contributed by atoms with van der Waals surface area (Å²) >= 11 is 0. The van der Waals surface area contributed by atoms with Crippen LogP contribution in [0.2, 0.25) is 0 Å². The number of hydrogen-bond acceptors (Lipinski definition) is 4. The van der Waals surface area contributed by atoms with Crippen LogP contribution in [0, 0.1) is 5.82 Å². The molecule has 5 heteroatoms. The van der Waals surface area contributed by atoms with Gasteiger partial charge in [-0.25, -0.2) is 4.39 Å². The molecule has 134 valence electrons. The van der Waals surface area contributed by atoms with Crippen molar-refractivity contribution in [3.8, 4) is 11.5 Å². The molecule has 0 saturated carbocycles. The second kappa shape index (κ2) is 6.67. The standard InChI is InChI=1S/C21H20FNO3/c1-12-3-4-13-5-6-19(21(22)14(13)9-12)26-18-7-8-23-16-11-17(24)20(25-2)10-15(16)18/h5-11,17,20,24H,3-4H2,1-2H3. The van der Waals surface area contributed by atoms with Crippen LogP contribution in [-0.4, -0.2) is 29.4 Å². The molecule has 1 aromatic heterocycles. The normalized spacial score (nSPS) is 21.0. The number of pyridine rings is 1. The Labute approximate surface area is 150 Å². The molecule has 4 rings (SSSR count). The first-order chi connectivity index (χ1) is 12.6. The Morgan fingerprint density at radius 2 is 2.00 bits per heavy atom. The highest BCUT2D eigenvalue weighted by atomic mass is 19.1. The molecule has 2 aromatic rings. The Bertz CT molecular complexity index is 1010. The predicted molar refractivity (Wildman–Crippen MR) is 97.7 cm³/mol. The smallest absolute Gasteiger partial charge is 0.173 e. The number of halogens is 1. The first-order valence-corrected chi connectivity index (χ1v) is 8.63. The summed E-state index contributed by atoms with van der Waals surface area (Å²) < 4.78 is 26.2. The van der Waals surface area contributed by atoms with Crippen LogP contribution in [-0.2, 0) is 11.2 Å². The van der Waals surface area contributed by atoms with Crippen molar-refractivity contribution >= 4 is 18.2 Å². The number of aromatic nitrogens is 1. The van der Waals surface area contributed by atoms with Crippen molar-refractivity contribution in [3.63, 3.8) is 0 Å². The summed E-state index contributed by atoms with van der Waals surface area (Å²) in [6.45, 7) is 2.01. The van der Waals surface area contributed by atoms with Gasteiger partial charge < -0.3 is 14.6 Å². The number of rotatable bonds is 3. The topological polar surface area (TPSA) is 51.6 Å². The summed E-state index contributed by atoms with van der Waals surface area (Å²) in [6.07, 6.45) is 7.37. The Morgan fingerprint density at radius 1 is 1.15 bits per heavy atom. The van der Waals surface area contributed by atoms with E-state index in [2.05, 4.69) is 4.98 Å². The van der Waals surface area contributed by atoms with Crippen LogP contribution in [0.5, 0.6) is 11.5 Å². The third kappa shape index (κ3) is 2.93. The van der Waals surface area contributed by atoms with Gasteiger partial charge in [-0.1, -0.05) is 17.7 Å². The second-order valence-corrected chi connectivity index (χ2v) is 6.68. The van der Waals surface area contributed by atoms with Gasteiger partial charge in [0, 0.05) is 24.1 Å². The number of ether oxygens (including phenoxy) is 2. The van der Waals surface area contributed by atoms with Gasteiger partial charge in [0.15, 0.2) is 11.6 Å². The lowest BCUT2D eigenvalue weighted by atomic mass is 9.92. The molecule has 0 aliphatic heterocycles. The van der Waals surface area contributed by atoms with Gasteiger partial charge in [0.1, 0.15) is 18.0 Å². The van der Waals surface area contributed by atoms with Gasteiger partial charge in [0.2, 0.25) is 0 Å². The summed E-state index contributed by atoms with van der Waals surface area (Å²) in [7, 11) is 1.53. The van der Waals surface area contributed by atoms with E-state index in [1.54, 1.807) is 30.5 Å². The Balaban J connectivity index is 1.78. The Hall–Kier alpha value is -2.50. The molecule has 1 N–H and O–H groups in total. The van der Waals surface area contributed by atoms with E-state index in [9.17, 15) is 9.50 Å². The van der Waals surface area contributed by atoms with E-state index >= 15 is 0 Å². The molecule has 2 aliphatic rings. The fraction of sp³-hybridized carbons (Fsp3) is 0.286. The molecule has 0 saturated heterocycles. The molecule has 0 fully saturated rings. The lowest BCUT2D eigenvalue weighted by Gasteiger charge is -2.20. The second-order valence-electron chi connectivity index (χ2n) is 6.68. The van der Waals surface area contributed by atoms with Crippen molar-refractivity contribution in [2.24, 2.45) is 0 Å². The van der Waals surface area contributed by atoms with E-state index < -0.39 is 12.2 Å². The van der Waals surface area contributed by atoms with Crippen LogP contribution in [0.15, 0.2) is 30.0 Å². The third-order valence-corrected chi connectivity index (χ3v) is 4.88. The summed E-state index contributed by atoms with van der Waals surface area (Å²) in [4.78, 5) is 4.26. The maximum Gasteiger partial charge on any atom is 0.173 e. The van der Waals surface area contributed by atoms with Gasteiger partial charge in [-0.15, -0.1) is 0 Å². The minimum Gasteiger partial charge on any atom is -0.454 e. The zero-order chi connectivity index (χ0) is 18.3. The molecule has 0 spiro atoms. The maximum absolute atomic E-state index is 15.0. The largest absolute Gasteiger partial charge is 0.454 e. The van der Waals surface area contributed by atoms with Crippen molar-refractivity contribution in [2.75, 3.05) is 7.11 Å². The van der Waals surface area contributed by atoms with Crippen LogP contribution in [0.4, 0.5) is 4.39 Å². The average Bonchev–Trinajstić information content (AvgIpc) is 2.64. The quantitative estimate of drug-likeness (QED) is 0.920. The third-order valence-electron chi connectivity index (χ3n) is 4.88. The highest BCUT2D eigenvalue weighted by Crippen LogP contribution is 2.32. The van der Waals surface area contributed by atoms with Crippen molar-refractivity contribution in [2.45, 2.75) is 32.0 Å². The van der Waals surface area contributed by atoms with Crippen LogP contribution in [0.1, 0.15) is 24.5 Å². The zero-order valence-corrected chi connectivity index (χ0v) is 14.7. The monoisotopic (exact) mass is 353 g/mol. The summed E-state index contributed by atoms with van der Waals surface area (Å²) in [5.41, 5.74) is 2.77. The number of aliphatic hydroxyl groups is 1. The number of aryl methyl sites for hydroxylation is 1. The van der Waals surface area contributed by atoms with Crippen LogP contribution in [0.3, 0.4) is 0 Å². The number of aliphatic hydroxyl groups excluding tert-OH is 1. The van der Waals surface area contributed by atoms with E-state index in [0.29, 0.717) is 21.9 Å². The Kier molecular flexibility index (Phi) is 4.34. The van der Waals surface area contributed by atoms with Crippen molar-refractivity contribution in [3.05, 3.63) is 57.5 Å². The fourth-order valence-corrected chi connectivity index (χ4v) is 3.42. The number of fused-ring (bicyclic) bond motifs is 2. The Morgan fingerprint density at radius 3 is 2.81 bits per heavy atom. The molecule has 4 nitrogen and oxygen atoms in total. The van der Waals surface area contributed by atoms with Crippen molar-refractivity contribution in [1.82, 2.24) is 4.98 Å². The molecule has 0 radical (unpaired) electrons. The van der Waals surface area contributed by atoms with Gasteiger partial charge >= 0.3 is 0 Å². The molecule has 2 aliphatic carbocycles. The minimum absolute atomic E-state index is 0.177. The molecular weight excluding hydrogens is 333 g/mol. The van der Waals surface area contributed by atoms with Crippen LogP contribution >= 0.6 is 0 Å². The van der Waals surface area contributed by atoms with Crippen LogP contribution < -0.4 is 15.3 Å². The van der Waals surface area contributed by atoms with E-state index in [1.807, 2.05) is 19.1 Å². The van der Waals surface area contributed by atoms with Crippen LogP contribution in [0.25, 0.3) is 18.2 Å². The molecule has 0 amide bonds. The van der Waals surface area contributed by atoms with Gasteiger partial charge in [0.05, 0.1) is 5.35 Å². The van der Waals surface area contributed by atoms with Gasteiger partial charge in [-0.3, -0.25) is 4.98 Å². The maximum atomic E-state index is 15.0. The van der Waals surface area contributed by atoms with E-state index in [0.717, 1.165) is 24.0 Å². The molecule has 2 atom stereocenters. The number of hydrogen-bond donors (Lipinski definition) is 1. The SMILES string of the molecule is COC1C=c2c(Oc3ccc4c(c3F)C=C(C)CC4)ccnc2=CC1O. The van der Waals surface area contributed by atoms with Gasteiger partial charge in [0.25, 0.3) is 0 Å². The molecule has 26 heavy (non-hydrogen) atoms. The van der Waals surface area contributed by atoms with E-state index in [1.165, 1.54) is 7.11 Å². The fourth-order valence-electron chi connectivity index (χ4n) is 3.42. The van der Waals surface area contributed by atoms with E-state index in [4.69, 9.17) is 9.47 Å². The minimum atomic E-state index is -0.774. The van der Waals surface area contributed by atoms with Gasteiger partial charge in [-0.05, 0) is 49.6 Å². The predicted octanol–water partition coefficient (Wildman–Crippen LogP) is 2.31. The number of allylic oxidation sites excluding steroid dienone is 1. The first-order valence-electron chi connectivity index (χ1n) is 8.63. The lowest BCUT2D eigenvalue weighted by Crippen LogP contribution is -2.41.